The van der Waals surface area contributed by atoms with E-state index in [-0.39, 0.29) is 17.0 Å². The van der Waals surface area contributed by atoms with Crippen LogP contribution in [0.15, 0.2) is 29.2 Å². The zero-order valence-corrected chi connectivity index (χ0v) is 13.1. The van der Waals surface area contributed by atoms with Gasteiger partial charge in [-0.05, 0) is 26.0 Å². The van der Waals surface area contributed by atoms with Crippen LogP contribution in [0.4, 0.5) is 4.39 Å². The van der Waals surface area contributed by atoms with E-state index in [4.69, 9.17) is 4.74 Å². The molecule has 21 heavy (non-hydrogen) atoms. The molecular formula is C14H21FN2O3S. The molecule has 1 aliphatic rings. The molecular weight excluding hydrogens is 295 g/mol. The first-order valence-electron chi connectivity index (χ1n) is 6.91. The van der Waals surface area contributed by atoms with Crippen LogP contribution in [0.5, 0.6) is 0 Å². The maximum atomic E-state index is 13.5. The highest BCUT2D eigenvalue weighted by Gasteiger charge is 2.27. The predicted molar refractivity (Wildman–Crippen MR) is 78.1 cm³/mol. The quantitative estimate of drug-likeness (QED) is 0.887. The molecule has 1 heterocycles. The number of rotatable bonds is 5. The molecule has 118 valence electrons. The Morgan fingerprint density at radius 2 is 2.10 bits per heavy atom. The summed E-state index contributed by atoms with van der Waals surface area (Å²) in [4.78, 5) is 1.82. The Morgan fingerprint density at radius 1 is 1.38 bits per heavy atom. The maximum Gasteiger partial charge on any atom is 0.243 e. The third-order valence-electron chi connectivity index (χ3n) is 3.35. The maximum absolute atomic E-state index is 13.5. The molecule has 0 aliphatic carbocycles. The van der Waals surface area contributed by atoms with Crippen molar-refractivity contribution >= 4 is 10.0 Å². The summed E-state index contributed by atoms with van der Waals surface area (Å²) in [6.07, 6.45) is 0. The van der Waals surface area contributed by atoms with Crippen LogP contribution >= 0.6 is 0 Å². The lowest BCUT2D eigenvalue weighted by atomic mass is 10.1. The summed E-state index contributed by atoms with van der Waals surface area (Å²) in [6, 6.07) is 5.36. The topological polar surface area (TPSA) is 58.6 Å². The van der Waals surface area contributed by atoms with Gasteiger partial charge in [-0.25, -0.2) is 17.5 Å². The molecule has 0 saturated carbocycles. The predicted octanol–water partition coefficient (Wildman–Crippen LogP) is 1.21. The van der Waals surface area contributed by atoms with E-state index in [1.54, 1.807) is 0 Å². The Bertz CT molecular complexity index is 590. The van der Waals surface area contributed by atoms with Gasteiger partial charge >= 0.3 is 0 Å². The van der Waals surface area contributed by atoms with E-state index in [0.29, 0.717) is 13.2 Å². The standard InChI is InChI=1S/C14H21FN2O3S/c1-14(2)11-17(9-10-20-14)8-7-16-21(18,19)13-6-4-3-5-12(13)15/h3-6,16H,7-11H2,1-2H3. The van der Waals surface area contributed by atoms with E-state index in [1.165, 1.54) is 18.2 Å². The second-order valence-corrected chi connectivity index (χ2v) is 7.45. The molecule has 0 bridgehead atoms. The molecule has 0 aromatic heterocycles. The summed E-state index contributed by atoms with van der Waals surface area (Å²) in [7, 11) is -3.80. The van der Waals surface area contributed by atoms with E-state index in [0.717, 1.165) is 19.2 Å². The first-order valence-corrected chi connectivity index (χ1v) is 8.39. The summed E-state index contributed by atoms with van der Waals surface area (Å²) in [5, 5.41) is 0. The average molecular weight is 316 g/mol. The zero-order valence-electron chi connectivity index (χ0n) is 12.3. The minimum absolute atomic E-state index is 0.220. The monoisotopic (exact) mass is 316 g/mol. The van der Waals surface area contributed by atoms with E-state index >= 15 is 0 Å². The molecule has 1 fully saturated rings. The number of morpholine rings is 1. The van der Waals surface area contributed by atoms with Gasteiger partial charge in [-0.2, -0.15) is 0 Å². The highest BCUT2D eigenvalue weighted by atomic mass is 32.2. The largest absolute Gasteiger partial charge is 0.373 e. The van der Waals surface area contributed by atoms with Crippen molar-refractivity contribution in [1.29, 1.82) is 0 Å². The van der Waals surface area contributed by atoms with E-state index in [9.17, 15) is 12.8 Å². The third-order valence-corrected chi connectivity index (χ3v) is 4.85. The summed E-state index contributed by atoms with van der Waals surface area (Å²) in [6.45, 7) is 6.96. The second kappa shape index (κ2) is 6.39. The molecule has 1 N–H and O–H groups in total. The normalized spacial score (nSPS) is 19.6. The SMILES string of the molecule is CC1(C)CN(CCNS(=O)(=O)c2ccccc2F)CCO1. The van der Waals surface area contributed by atoms with Gasteiger partial charge in [0.25, 0.3) is 0 Å². The molecule has 0 atom stereocenters. The molecule has 1 aromatic rings. The lowest BCUT2D eigenvalue weighted by Crippen LogP contribution is -2.50. The van der Waals surface area contributed by atoms with Gasteiger partial charge in [0.1, 0.15) is 10.7 Å². The van der Waals surface area contributed by atoms with Crippen molar-refractivity contribution in [2.45, 2.75) is 24.3 Å². The number of nitrogens with one attached hydrogen (secondary N) is 1. The van der Waals surface area contributed by atoms with Gasteiger partial charge in [0.15, 0.2) is 0 Å². The van der Waals surface area contributed by atoms with Gasteiger partial charge in [0, 0.05) is 26.2 Å². The number of sulfonamides is 1. The minimum Gasteiger partial charge on any atom is -0.373 e. The van der Waals surface area contributed by atoms with Crippen LogP contribution in [0.1, 0.15) is 13.8 Å². The van der Waals surface area contributed by atoms with Crippen molar-refractivity contribution in [3.63, 3.8) is 0 Å². The highest BCUT2D eigenvalue weighted by molar-refractivity contribution is 7.89. The fourth-order valence-corrected chi connectivity index (χ4v) is 3.48. The molecule has 2 rings (SSSR count). The Labute approximate surface area is 125 Å². The third kappa shape index (κ3) is 4.47. The summed E-state index contributed by atoms with van der Waals surface area (Å²) >= 11 is 0. The molecule has 1 saturated heterocycles. The van der Waals surface area contributed by atoms with Crippen molar-refractivity contribution in [2.75, 3.05) is 32.8 Å². The lowest BCUT2D eigenvalue weighted by Gasteiger charge is -2.38. The van der Waals surface area contributed by atoms with Crippen LogP contribution in [0.25, 0.3) is 0 Å². The molecule has 1 aromatic carbocycles. The Morgan fingerprint density at radius 3 is 2.76 bits per heavy atom. The fourth-order valence-electron chi connectivity index (χ4n) is 2.38. The van der Waals surface area contributed by atoms with Gasteiger partial charge in [-0.3, -0.25) is 4.90 Å². The lowest BCUT2D eigenvalue weighted by molar-refractivity contribution is -0.0851. The molecule has 0 amide bonds. The molecule has 0 spiro atoms. The van der Waals surface area contributed by atoms with Gasteiger partial charge in [-0.1, -0.05) is 12.1 Å². The van der Waals surface area contributed by atoms with Gasteiger partial charge in [0.2, 0.25) is 10.0 Å². The summed E-state index contributed by atoms with van der Waals surface area (Å²) in [5.74, 6) is -0.738. The van der Waals surface area contributed by atoms with Crippen LogP contribution in [0.3, 0.4) is 0 Å². The van der Waals surface area contributed by atoms with E-state index < -0.39 is 15.8 Å². The first-order chi connectivity index (χ1) is 9.80. The van der Waals surface area contributed by atoms with E-state index in [2.05, 4.69) is 9.62 Å². The van der Waals surface area contributed by atoms with E-state index in [1.807, 2.05) is 13.8 Å². The van der Waals surface area contributed by atoms with Crippen molar-refractivity contribution < 1.29 is 17.5 Å². The number of ether oxygens (including phenoxy) is 1. The van der Waals surface area contributed by atoms with Gasteiger partial charge < -0.3 is 4.74 Å². The molecule has 1 aliphatic heterocycles. The van der Waals surface area contributed by atoms with Crippen molar-refractivity contribution in [1.82, 2.24) is 9.62 Å². The smallest absolute Gasteiger partial charge is 0.243 e. The Balaban J connectivity index is 1.90. The van der Waals surface area contributed by atoms with Crippen molar-refractivity contribution in [3.8, 4) is 0 Å². The number of nitrogens with zero attached hydrogens (tertiary/aromatic N) is 1. The zero-order chi connectivity index (χ0) is 15.5. The number of benzene rings is 1. The van der Waals surface area contributed by atoms with Crippen LogP contribution in [0.2, 0.25) is 0 Å². The molecule has 7 heteroatoms. The van der Waals surface area contributed by atoms with Crippen molar-refractivity contribution in [3.05, 3.63) is 30.1 Å². The molecule has 0 radical (unpaired) electrons. The number of hydrogen-bond donors (Lipinski definition) is 1. The van der Waals surface area contributed by atoms with Gasteiger partial charge in [-0.15, -0.1) is 0 Å². The Hall–Kier alpha value is -1.02. The van der Waals surface area contributed by atoms with Gasteiger partial charge in [0.05, 0.1) is 12.2 Å². The fraction of sp³-hybridized carbons (Fsp3) is 0.571. The van der Waals surface area contributed by atoms with Crippen LogP contribution in [-0.2, 0) is 14.8 Å². The molecule has 5 nitrogen and oxygen atoms in total. The van der Waals surface area contributed by atoms with Crippen molar-refractivity contribution in [2.24, 2.45) is 0 Å². The first kappa shape index (κ1) is 16.4. The molecule has 0 unspecified atom stereocenters. The van der Waals surface area contributed by atoms with Crippen LogP contribution < -0.4 is 4.72 Å². The summed E-state index contributed by atoms with van der Waals surface area (Å²) < 4.78 is 45.6. The number of halogens is 1. The minimum atomic E-state index is -3.80. The second-order valence-electron chi connectivity index (χ2n) is 5.71. The highest BCUT2D eigenvalue weighted by Crippen LogP contribution is 2.16. The van der Waals surface area contributed by atoms with Crippen LogP contribution in [-0.4, -0.2) is 51.7 Å². The number of hydrogen-bond acceptors (Lipinski definition) is 4. The summed E-state index contributed by atoms with van der Waals surface area (Å²) in [5.41, 5.74) is -0.220. The average Bonchev–Trinajstić information content (AvgIpc) is 2.37. The van der Waals surface area contributed by atoms with Crippen LogP contribution in [0, 0.1) is 5.82 Å². The Kier molecular flexibility index (Phi) is 4.98.